The third kappa shape index (κ3) is 4.06. The second-order valence-corrected chi connectivity index (χ2v) is 5.68. The molecule has 0 heterocycles. The van der Waals surface area contributed by atoms with Gasteiger partial charge < -0.3 is 5.32 Å². The Morgan fingerprint density at radius 1 is 1.38 bits per heavy atom. The maximum atomic E-state index is 11.4. The van der Waals surface area contributed by atoms with Crippen molar-refractivity contribution in [3.63, 3.8) is 0 Å². The van der Waals surface area contributed by atoms with Gasteiger partial charge in [-0.3, -0.25) is 0 Å². The van der Waals surface area contributed by atoms with Gasteiger partial charge in [-0.25, -0.2) is 13.1 Å². The Morgan fingerprint density at radius 2 is 2.00 bits per heavy atom. The maximum absolute atomic E-state index is 11.4. The molecule has 1 saturated carbocycles. The summed E-state index contributed by atoms with van der Waals surface area (Å²) < 4.78 is 25.5. The van der Waals surface area contributed by atoms with Crippen LogP contribution < -0.4 is 10.0 Å². The summed E-state index contributed by atoms with van der Waals surface area (Å²) in [5.74, 6) is 0.177. The van der Waals surface area contributed by atoms with Gasteiger partial charge in [-0.15, -0.1) is 0 Å². The molecule has 2 N–H and O–H groups in total. The van der Waals surface area contributed by atoms with Crippen LogP contribution in [0.3, 0.4) is 0 Å². The molecule has 0 saturated heterocycles. The summed E-state index contributed by atoms with van der Waals surface area (Å²) in [6.45, 7) is 5.24. The first-order chi connectivity index (χ1) is 5.97. The molecule has 1 aliphatic rings. The SMILES string of the molecule is CCNCCS(=O)(=O)NC1(C)CC1. The van der Waals surface area contributed by atoms with E-state index in [4.69, 9.17) is 0 Å². The number of hydrogen-bond donors (Lipinski definition) is 2. The van der Waals surface area contributed by atoms with Gasteiger partial charge in [-0.2, -0.15) is 0 Å². The van der Waals surface area contributed by atoms with Crippen LogP contribution in [0, 0.1) is 0 Å². The van der Waals surface area contributed by atoms with Gasteiger partial charge >= 0.3 is 0 Å². The molecule has 1 aliphatic carbocycles. The first-order valence-corrected chi connectivity index (χ1v) is 6.35. The van der Waals surface area contributed by atoms with E-state index in [0.717, 1.165) is 19.4 Å². The zero-order valence-electron chi connectivity index (χ0n) is 8.26. The van der Waals surface area contributed by atoms with Gasteiger partial charge in [0, 0.05) is 12.1 Å². The van der Waals surface area contributed by atoms with Crippen LogP contribution in [-0.2, 0) is 10.0 Å². The Hall–Kier alpha value is -0.130. The van der Waals surface area contributed by atoms with Crippen LogP contribution in [0.5, 0.6) is 0 Å². The van der Waals surface area contributed by atoms with Crippen molar-refractivity contribution in [2.24, 2.45) is 0 Å². The smallest absolute Gasteiger partial charge is 0.213 e. The lowest BCUT2D eigenvalue weighted by Gasteiger charge is -2.11. The summed E-state index contributed by atoms with van der Waals surface area (Å²) in [7, 11) is -3.06. The molecule has 13 heavy (non-hydrogen) atoms. The topological polar surface area (TPSA) is 58.2 Å². The quantitative estimate of drug-likeness (QED) is 0.605. The summed E-state index contributed by atoms with van der Waals surface area (Å²) in [4.78, 5) is 0. The molecular weight excluding hydrogens is 188 g/mol. The molecule has 1 rings (SSSR count). The van der Waals surface area contributed by atoms with E-state index < -0.39 is 10.0 Å². The average molecular weight is 206 g/mol. The zero-order chi connectivity index (χ0) is 9.95. The molecule has 5 heteroatoms. The third-order valence-electron chi connectivity index (χ3n) is 2.20. The van der Waals surface area contributed by atoms with Gasteiger partial charge in [0.2, 0.25) is 10.0 Å². The monoisotopic (exact) mass is 206 g/mol. The molecule has 0 aromatic rings. The number of nitrogens with one attached hydrogen (secondary N) is 2. The molecule has 1 fully saturated rings. The molecule has 0 unspecified atom stereocenters. The number of hydrogen-bond acceptors (Lipinski definition) is 3. The normalized spacial score (nSPS) is 20.2. The van der Waals surface area contributed by atoms with E-state index in [9.17, 15) is 8.42 Å². The predicted octanol–water partition coefficient (Wildman–Crippen LogP) is 0.0678. The van der Waals surface area contributed by atoms with Crippen molar-refractivity contribution in [1.29, 1.82) is 0 Å². The zero-order valence-corrected chi connectivity index (χ0v) is 9.08. The highest BCUT2D eigenvalue weighted by molar-refractivity contribution is 7.89. The standard InChI is InChI=1S/C8H18N2O2S/c1-3-9-6-7-13(11,12)10-8(2)4-5-8/h9-10H,3-7H2,1-2H3. The summed E-state index contributed by atoms with van der Waals surface area (Å²) in [6.07, 6.45) is 1.93. The lowest BCUT2D eigenvalue weighted by Crippen LogP contribution is -2.38. The van der Waals surface area contributed by atoms with Crippen molar-refractivity contribution >= 4 is 10.0 Å². The van der Waals surface area contributed by atoms with Crippen LogP contribution in [0.2, 0.25) is 0 Å². The maximum Gasteiger partial charge on any atom is 0.213 e. The summed E-state index contributed by atoms with van der Waals surface area (Å²) in [6, 6.07) is 0. The Labute approximate surface area is 80.1 Å². The third-order valence-corrected chi connectivity index (χ3v) is 3.74. The molecule has 0 aromatic heterocycles. The number of sulfonamides is 1. The van der Waals surface area contributed by atoms with E-state index in [1.165, 1.54) is 0 Å². The van der Waals surface area contributed by atoms with Gasteiger partial charge in [0.25, 0.3) is 0 Å². The minimum Gasteiger partial charge on any atom is -0.316 e. The minimum absolute atomic E-state index is 0.134. The fraction of sp³-hybridized carbons (Fsp3) is 1.00. The van der Waals surface area contributed by atoms with Crippen LogP contribution in [0.25, 0.3) is 0 Å². The summed E-state index contributed by atoms with van der Waals surface area (Å²) in [5, 5.41) is 2.99. The Bertz CT molecular complexity index is 257. The lowest BCUT2D eigenvalue weighted by molar-refractivity contribution is 0.555. The van der Waals surface area contributed by atoms with Gasteiger partial charge in [-0.05, 0) is 26.3 Å². The molecule has 4 nitrogen and oxygen atoms in total. The predicted molar refractivity (Wildman–Crippen MR) is 53.1 cm³/mol. The molecule has 0 spiro atoms. The Balaban J connectivity index is 2.29. The van der Waals surface area contributed by atoms with Gasteiger partial charge in [0.15, 0.2) is 0 Å². The molecular formula is C8H18N2O2S. The molecule has 0 amide bonds. The Kier molecular flexibility index (Phi) is 3.32. The molecule has 0 bridgehead atoms. The minimum atomic E-state index is -3.06. The molecule has 0 aromatic carbocycles. The molecule has 0 aliphatic heterocycles. The fourth-order valence-electron chi connectivity index (χ4n) is 1.10. The van der Waals surface area contributed by atoms with Gasteiger partial charge in [-0.1, -0.05) is 6.92 Å². The molecule has 0 atom stereocenters. The van der Waals surface area contributed by atoms with Crippen LogP contribution >= 0.6 is 0 Å². The van der Waals surface area contributed by atoms with E-state index in [2.05, 4.69) is 10.0 Å². The number of rotatable bonds is 6. The Morgan fingerprint density at radius 3 is 2.46 bits per heavy atom. The second-order valence-electron chi connectivity index (χ2n) is 3.84. The molecule has 0 radical (unpaired) electrons. The summed E-state index contributed by atoms with van der Waals surface area (Å²) >= 11 is 0. The highest BCUT2D eigenvalue weighted by atomic mass is 32.2. The van der Waals surface area contributed by atoms with E-state index in [1.807, 2.05) is 13.8 Å². The highest BCUT2D eigenvalue weighted by Crippen LogP contribution is 2.34. The van der Waals surface area contributed by atoms with Gasteiger partial charge in [0.05, 0.1) is 5.75 Å². The van der Waals surface area contributed by atoms with E-state index in [1.54, 1.807) is 0 Å². The average Bonchev–Trinajstić information content (AvgIpc) is 2.66. The second kappa shape index (κ2) is 3.94. The van der Waals surface area contributed by atoms with Crippen molar-refractivity contribution < 1.29 is 8.42 Å². The first kappa shape index (κ1) is 10.9. The van der Waals surface area contributed by atoms with Crippen molar-refractivity contribution in [2.45, 2.75) is 32.2 Å². The van der Waals surface area contributed by atoms with Crippen molar-refractivity contribution in [3.8, 4) is 0 Å². The van der Waals surface area contributed by atoms with Crippen LogP contribution in [0.15, 0.2) is 0 Å². The summed E-state index contributed by atoms with van der Waals surface area (Å²) in [5.41, 5.74) is -0.134. The van der Waals surface area contributed by atoms with Crippen LogP contribution in [-0.4, -0.2) is 32.8 Å². The van der Waals surface area contributed by atoms with E-state index >= 15 is 0 Å². The van der Waals surface area contributed by atoms with Crippen LogP contribution in [0.4, 0.5) is 0 Å². The first-order valence-electron chi connectivity index (χ1n) is 4.70. The fourth-order valence-corrected chi connectivity index (χ4v) is 2.57. The molecule has 78 valence electrons. The lowest BCUT2D eigenvalue weighted by atomic mass is 10.4. The van der Waals surface area contributed by atoms with Crippen molar-refractivity contribution in [3.05, 3.63) is 0 Å². The van der Waals surface area contributed by atoms with Crippen molar-refractivity contribution in [1.82, 2.24) is 10.0 Å². The largest absolute Gasteiger partial charge is 0.316 e. The van der Waals surface area contributed by atoms with E-state index in [0.29, 0.717) is 6.54 Å². The van der Waals surface area contributed by atoms with Crippen LogP contribution in [0.1, 0.15) is 26.7 Å². The van der Waals surface area contributed by atoms with Crippen molar-refractivity contribution in [2.75, 3.05) is 18.8 Å². The van der Waals surface area contributed by atoms with Gasteiger partial charge in [0.1, 0.15) is 0 Å². The van der Waals surface area contributed by atoms with E-state index in [-0.39, 0.29) is 11.3 Å². The highest BCUT2D eigenvalue weighted by Gasteiger charge is 2.40.